The van der Waals surface area contributed by atoms with Crippen molar-refractivity contribution in [3.8, 4) is 0 Å². The first-order chi connectivity index (χ1) is 10.7. The number of amides is 1. The average molecular weight is 305 g/mol. The van der Waals surface area contributed by atoms with Crippen LogP contribution in [0.3, 0.4) is 0 Å². The first kappa shape index (κ1) is 16.0. The summed E-state index contributed by atoms with van der Waals surface area (Å²) in [6.45, 7) is 5.47. The van der Waals surface area contributed by atoms with Gasteiger partial charge in [-0.25, -0.2) is 0 Å². The van der Waals surface area contributed by atoms with E-state index in [1.807, 2.05) is 0 Å². The summed E-state index contributed by atoms with van der Waals surface area (Å²) in [5.41, 5.74) is 5.98. The van der Waals surface area contributed by atoms with Crippen molar-refractivity contribution in [3.63, 3.8) is 0 Å². The second kappa shape index (κ2) is 7.60. The molecule has 2 aliphatic heterocycles. The lowest BCUT2D eigenvalue weighted by molar-refractivity contribution is -0.137. The van der Waals surface area contributed by atoms with Gasteiger partial charge in [-0.15, -0.1) is 0 Å². The Balaban J connectivity index is 1.40. The van der Waals surface area contributed by atoms with E-state index in [1.54, 1.807) is 0 Å². The summed E-state index contributed by atoms with van der Waals surface area (Å²) in [6.07, 6.45) is 12.1. The molecular weight excluding hydrogens is 274 g/mol. The van der Waals surface area contributed by atoms with Gasteiger partial charge in [-0.05, 0) is 64.0 Å². The van der Waals surface area contributed by atoms with E-state index in [1.165, 1.54) is 19.4 Å². The van der Waals surface area contributed by atoms with Gasteiger partial charge >= 0.3 is 0 Å². The maximum atomic E-state index is 12.6. The minimum absolute atomic E-state index is 0.255. The Hall–Kier alpha value is -0.870. The molecule has 0 spiro atoms. The molecule has 4 nitrogen and oxygen atoms in total. The lowest BCUT2D eigenvalue weighted by Gasteiger charge is -2.38. The zero-order chi connectivity index (χ0) is 15.4. The highest BCUT2D eigenvalue weighted by molar-refractivity contribution is 5.79. The fraction of sp³-hybridized carbons (Fsp3) is 0.833. The first-order valence-corrected chi connectivity index (χ1v) is 9.14. The number of carbonyl (C=O) groups is 1. The van der Waals surface area contributed by atoms with Gasteiger partial charge in [0.15, 0.2) is 0 Å². The fourth-order valence-electron chi connectivity index (χ4n) is 4.11. The number of rotatable bonds is 3. The van der Waals surface area contributed by atoms with Crippen LogP contribution in [-0.2, 0) is 4.79 Å². The Morgan fingerprint density at radius 1 is 1.00 bits per heavy atom. The Labute approximate surface area is 134 Å². The summed E-state index contributed by atoms with van der Waals surface area (Å²) in [7, 11) is 0. The zero-order valence-electron chi connectivity index (χ0n) is 13.8. The van der Waals surface area contributed by atoms with E-state index in [2.05, 4.69) is 22.0 Å². The Morgan fingerprint density at radius 2 is 1.73 bits per heavy atom. The molecule has 2 saturated heterocycles. The van der Waals surface area contributed by atoms with E-state index < -0.39 is 0 Å². The molecule has 4 heteroatoms. The van der Waals surface area contributed by atoms with Crippen LogP contribution in [0.1, 0.15) is 44.9 Å². The van der Waals surface area contributed by atoms with E-state index in [0.29, 0.717) is 11.9 Å². The topological polar surface area (TPSA) is 49.6 Å². The molecule has 1 atom stereocenters. The normalized spacial score (nSPS) is 29.0. The van der Waals surface area contributed by atoms with Crippen molar-refractivity contribution >= 4 is 5.91 Å². The van der Waals surface area contributed by atoms with E-state index in [4.69, 9.17) is 5.73 Å². The maximum Gasteiger partial charge on any atom is 0.226 e. The van der Waals surface area contributed by atoms with Gasteiger partial charge in [0.2, 0.25) is 5.91 Å². The first-order valence-electron chi connectivity index (χ1n) is 9.14. The number of hydrogen-bond donors (Lipinski definition) is 1. The molecule has 1 unspecified atom stereocenters. The number of nitrogens with zero attached hydrogens (tertiary/aromatic N) is 2. The number of nitrogens with two attached hydrogens (primary N) is 1. The monoisotopic (exact) mass is 305 g/mol. The van der Waals surface area contributed by atoms with Crippen molar-refractivity contribution in [3.05, 3.63) is 12.2 Å². The summed E-state index contributed by atoms with van der Waals surface area (Å²) in [5.74, 6) is 1.43. The number of carbonyl (C=O) groups excluding carboxylic acids is 1. The Kier molecular flexibility index (Phi) is 5.53. The Bertz CT molecular complexity index is 393. The predicted octanol–water partition coefficient (Wildman–Crippen LogP) is 2.00. The van der Waals surface area contributed by atoms with Gasteiger partial charge in [0.1, 0.15) is 0 Å². The number of piperidine rings is 2. The summed E-state index contributed by atoms with van der Waals surface area (Å²) in [5, 5.41) is 0. The molecule has 22 heavy (non-hydrogen) atoms. The van der Waals surface area contributed by atoms with E-state index in [0.717, 1.165) is 64.2 Å². The highest BCUT2D eigenvalue weighted by Crippen LogP contribution is 2.25. The molecule has 0 bridgehead atoms. The van der Waals surface area contributed by atoms with E-state index in [9.17, 15) is 4.79 Å². The zero-order valence-corrected chi connectivity index (χ0v) is 13.8. The second-order valence-electron chi connectivity index (χ2n) is 7.39. The van der Waals surface area contributed by atoms with Crippen LogP contribution in [0.15, 0.2) is 12.2 Å². The number of likely N-dealkylation sites (tertiary alicyclic amines) is 2. The summed E-state index contributed by atoms with van der Waals surface area (Å²) < 4.78 is 0. The van der Waals surface area contributed by atoms with Crippen molar-refractivity contribution < 1.29 is 4.79 Å². The minimum atomic E-state index is 0.255. The van der Waals surface area contributed by atoms with Crippen LogP contribution < -0.4 is 5.73 Å². The smallest absolute Gasteiger partial charge is 0.226 e. The Morgan fingerprint density at radius 3 is 2.36 bits per heavy atom. The van der Waals surface area contributed by atoms with Crippen LogP contribution in [0.4, 0.5) is 0 Å². The van der Waals surface area contributed by atoms with Gasteiger partial charge in [-0.2, -0.15) is 0 Å². The maximum absolute atomic E-state index is 12.6. The molecule has 0 aromatic heterocycles. The van der Waals surface area contributed by atoms with Crippen molar-refractivity contribution in [2.75, 3.05) is 32.7 Å². The van der Waals surface area contributed by atoms with Crippen LogP contribution in [0.5, 0.6) is 0 Å². The SMILES string of the molecule is NC1CCN(CC2CCN(C(=O)C3CC=CCC3)CC2)CC1. The van der Waals surface area contributed by atoms with Crippen molar-refractivity contribution in [1.82, 2.24) is 9.80 Å². The van der Waals surface area contributed by atoms with Crippen LogP contribution in [0.25, 0.3) is 0 Å². The fourth-order valence-corrected chi connectivity index (χ4v) is 4.11. The average Bonchev–Trinajstić information content (AvgIpc) is 2.58. The van der Waals surface area contributed by atoms with Gasteiger partial charge in [0.25, 0.3) is 0 Å². The number of hydrogen-bond acceptors (Lipinski definition) is 3. The molecule has 2 heterocycles. The summed E-state index contributed by atoms with van der Waals surface area (Å²) in [6, 6.07) is 0.417. The largest absolute Gasteiger partial charge is 0.342 e. The molecular formula is C18H31N3O. The van der Waals surface area contributed by atoms with Gasteiger partial charge in [-0.3, -0.25) is 4.79 Å². The molecule has 0 aromatic carbocycles. The van der Waals surface area contributed by atoms with Gasteiger partial charge in [0, 0.05) is 31.6 Å². The van der Waals surface area contributed by atoms with Crippen LogP contribution in [0, 0.1) is 11.8 Å². The third-order valence-electron chi connectivity index (χ3n) is 5.69. The van der Waals surface area contributed by atoms with Crippen molar-refractivity contribution in [2.24, 2.45) is 17.6 Å². The molecule has 1 amide bonds. The third kappa shape index (κ3) is 4.11. The minimum Gasteiger partial charge on any atom is -0.342 e. The summed E-state index contributed by atoms with van der Waals surface area (Å²) >= 11 is 0. The molecule has 2 fully saturated rings. The van der Waals surface area contributed by atoms with E-state index >= 15 is 0 Å². The van der Waals surface area contributed by atoms with Crippen molar-refractivity contribution in [1.29, 1.82) is 0 Å². The molecule has 0 aromatic rings. The molecule has 0 radical (unpaired) electrons. The lowest BCUT2D eigenvalue weighted by Crippen LogP contribution is -2.46. The molecule has 3 aliphatic rings. The second-order valence-corrected chi connectivity index (χ2v) is 7.39. The quantitative estimate of drug-likeness (QED) is 0.812. The molecule has 0 saturated carbocycles. The van der Waals surface area contributed by atoms with Gasteiger partial charge in [0.05, 0.1) is 0 Å². The third-order valence-corrected chi connectivity index (χ3v) is 5.69. The summed E-state index contributed by atoms with van der Waals surface area (Å²) in [4.78, 5) is 17.3. The molecule has 124 valence electrons. The highest BCUT2D eigenvalue weighted by atomic mass is 16.2. The van der Waals surface area contributed by atoms with Gasteiger partial charge in [-0.1, -0.05) is 12.2 Å². The van der Waals surface area contributed by atoms with Gasteiger partial charge < -0.3 is 15.5 Å². The number of allylic oxidation sites excluding steroid dienone is 2. The standard InChI is InChI=1S/C18H31N3O/c19-17-8-10-20(11-9-17)14-15-6-12-21(13-7-15)18(22)16-4-2-1-3-5-16/h1-2,15-17H,3-14,19H2. The van der Waals surface area contributed by atoms with Crippen LogP contribution >= 0.6 is 0 Å². The van der Waals surface area contributed by atoms with Crippen LogP contribution in [0.2, 0.25) is 0 Å². The van der Waals surface area contributed by atoms with Crippen molar-refractivity contribution in [2.45, 2.75) is 51.0 Å². The van der Waals surface area contributed by atoms with E-state index in [-0.39, 0.29) is 5.92 Å². The van der Waals surface area contributed by atoms with Crippen LogP contribution in [-0.4, -0.2) is 54.5 Å². The molecule has 2 N–H and O–H groups in total. The molecule has 3 rings (SSSR count). The lowest BCUT2D eigenvalue weighted by atomic mass is 9.90. The predicted molar refractivity (Wildman–Crippen MR) is 89.4 cm³/mol. The molecule has 1 aliphatic carbocycles. The highest BCUT2D eigenvalue weighted by Gasteiger charge is 2.29.